The number of nitro groups is 1. The predicted octanol–water partition coefficient (Wildman–Crippen LogP) is 4.03. The molecule has 0 saturated heterocycles. The standard InChI is InChI=1S/C14H16BrClN2O3/c15-7-2-8-17(11-3-1-4-11)14(19)12-6-5-10(16)9-13(12)18(20)21/h5-6,9,11H,1-4,7-8H2. The van der Waals surface area contributed by atoms with E-state index in [2.05, 4.69) is 15.9 Å². The Morgan fingerprint density at radius 3 is 2.71 bits per heavy atom. The molecule has 21 heavy (non-hydrogen) atoms. The van der Waals surface area contributed by atoms with Crippen LogP contribution in [-0.2, 0) is 0 Å². The quantitative estimate of drug-likeness (QED) is 0.428. The Bertz CT molecular complexity index is 549. The molecule has 0 bridgehead atoms. The third-order valence-electron chi connectivity index (χ3n) is 3.70. The summed E-state index contributed by atoms with van der Waals surface area (Å²) in [5.74, 6) is -0.274. The van der Waals surface area contributed by atoms with Crippen molar-refractivity contribution in [2.24, 2.45) is 0 Å². The van der Waals surface area contributed by atoms with Crippen LogP contribution < -0.4 is 0 Å². The fourth-order valence-corrected chi connectivity index (χ4v) is 2.79. The van der Waals surface area contributed by atoms with E-state index in [1.165, 1.54) is 18.2 Å². The first-order chi connectivity index (χ1) is 10.0. The Balaban J connectivity index is 2.29. The maximum absolute atomic E-state index is 12.7. The Morgan fingerprint density at radius 2 is 2.19 bits per heavy atom. The molecule has 0 N–H and O–H groups in total. The van der Waals surface area contributed by atoms with Gasteiger partial charge in [0.2, 0.25) is 0 Å². The number of rotatable bonds is 6. The van der Waals surface area contributed by atoms with Crippen molar-refractivity contribution in [1.82, 2.24) is 4.90 Å². The number of nitro benzene ring substituents is 1. The summed E-state index contributed by atoms with van der Waals surface area (Å²) in [6, 6.07) is 4.40. The van der Waals surface area contributed by atoms with Crippen molar-refractivity contribution in [1.29, 1.82) is 0 Å². The highest BCUT2D eigenvalue weighted by atomic mass is 79.9. The number of alkyl halides is 1. The van der Waals surface area contributed by atoms with Crippen molar-refractivity contribution in [3.05, 3.63) is 38.9 Å². The van der Waals surface area contributed by atoms with Gasteiger partial charge in [0.15, 0.2) is 0 Å². The monoisotopic (exact) mass is 374 g/mol. The van der Waals surface area contributed by atoms with Gasteiger partial charge in [-0.3, -0.25) is 14.9 Å². The SMILES string of the molecule is O=C(c1ccc(Cl)cc1[N+](=O)[O-])N(CCCBr)C1CCC1. The lowest BCUT2D eigenvalue weighted by Gasteiger charge is -2.37. The molecule has 0 atom stereocenters. The van der Waals surface area contributed by atoms with E-state index in [0.29, 0.717) is 6.54 Å². The van der Waals surface area contributed by atoms with Crippen LogP contribution in [0.2, 0.25) is 5.02 Å². The molecule has 1 fully saturated rings. The molecule has 2 rings (SSSR count). The van der Waals surface area contributed by atoms with Gasteiger partial charge >= 0.3 is 0 Å². The Labute approximate surface area is 136 Å². The van der Waals surface area contributed by atoms with Crippen LogP contribution in [0.1, 0.15) is 36.0 Å². The second kappa shape index (κ2) is 7.22. The van der Waals surface area contributed by atoms with Gasteiger partial charge in [0.25, 0.3) is 11.6 Å². The van der Waals surface area contributed by atoms with Crippen molar-refractivity contribution in [3.63, 3.8) is 0 Å². The summed E-state index contributed by atoms with van der Waals surface area (Å²) < 4.78 is 0. The molecule has 1 saturated carbocycles. The number of hydrogen-bond donors (Lipinski definition) is 0. The van der Waals surface area contributed by atoms with Crippen LogP contribution in [0, 0.1) is 10.1 Å². The average molecular weight is 376 g/mol. The lowest BCUT2D eigenvalue weighted by molar-refractivity contribution is -0.385. The number of halogens is 2. The Morgan fingerprint density at radius 1 is 1.48 bits per heavy atom. The van der Waals surface area contributed by atoms with Gasteiger partial charge < -0.3 is 4.90 Å². The second-order valence-corrected chi connectivity index (χ2v) is 6.27. The van der Waals surface area contributed by atoms with Crippen molar-refractivity contribution >= 4 is 39.1 Å². The lowest BCUT2D eigenvalue weighted by Crippen LogP contribution is -2.45. The van der Waals surface area contributed by atoms with Gasteiger partial charge in [0, 0.05) is 29.0 Å². The largest absolute Gasteiger partial charge is 0.335 e. The molecule has 1 aliphatic rings. The molecular weight excluding hydrogens is 360 g/mol. The second-order valence-electron chi connectivity index (χ2n) is 5.04. The number of amides is 1. The molecule has 0 unspecified atom stereocenters. The lowest BCUT2D eigenvalue weighted by atomic mass is 9.90. The van der Waals surface area contributed by atoms with E-state index in [4.69, 9.17) is 11.6 Å². The minimum atomic E-state index is -0.553. The van der Waals surface area contributed by atoms with Gasteiger partial charge in [-0.2, -0.15) is 0 Å². The zero-order chi connectivity index (χ0) is 15.4. The predicted molar refractivity (Wildman–Crippen MR) is 85.2 cm³/mol. The van der Waals surface area contributed by atoms with Gasteiger partial charge in [0.05, 0.1) is 4.92 Å². The fourth-order valence-electron chi connectivity index (χ4n) is 2.37. The van der Waals surface area contributed by atoms with Gasteiger partial charge in [-0.15, -0.1) is 0 Å². The highest BCUT2D eigenvalue weighted by Gasteiger charge is 2.32. The molecular formula is C14H16BrClN2O3. The molecule has 1 aromatic carbocycles. The average Bonchev–Trinajstić information content (AvgIpc) is 2.40. The summed E-state index contributed by atoms with van der Waals surface area (Å²) in [6.45, 7) is 0.606. The Kier molecular flexibility index (Phi) is 5.58. The Hall–Kier alpha value is -1.14. The van der Waals surface area contributed by atoms with Crippen LogP contribution >= 0.6 is 27.5 Å². The molecule has 1 amide bonds. The number of carbonyl (C=O) groups is 1. The summed E-state index contributed by atoms with van der Waals surface area (Å²) in [7, 11) is 0. The maximum atomic E-state index is 12.7. The molecule has 0 aliphatic heterocycles. The van der Waals surface area contributed by atoms with Crippen molar-refractivity contribution in [2.75, 3.05) is 11.9 Å². The van der Waals surface area contributed by atoms with Crippen LogP contribution in [0.3, 0.4) is 0 Å². The van der Waals surface area contributed by atoms with E-state index in [1.54, 1.807) is 4.90 Å². The summed E-state index contributed by atoms with van der Waals surface area (Å²) in [5, 5.41) is 12.2. The minimum Gasteiger partial charge on any atom is -0.335 e. The van der Waals surface area contributed by atoms with E-state index in [0.717, 1.165) is 31.0 Å². The molecule has 0 spiro atoms. The van der Waals surface area contributed by atoms with Crippen LogP contribution in [-0.4, -0.2) is 33.6 Å². The maximum Gasteiger partial charge on any atom is 0.283 e. The zero-order valence-corrected chi connectivity index (χ0v) is 13.8. The smallest absolute Gasteiger partial charge is 0.283 e. The molecule has 5 nitrogen and oxygen atoms in total. The summed E-state index contributed by atoms with van der Waals surface area (Å²) in [4.78, 5) is 25.0. The van der Waals surface area contributed by atoms with E-state index in [-0.39, 0.29) is 28.2 Å². The third kappa shape index (κ3) is 3.74. The van der Waals surface area contributed by atoms with E-state index >= 15 is 0 Å². The highest BCUT2D eigenvalue weighted by molar-refractivity contribution is 9.09. The van der Waals surface area contributed by atoms with E-state index in [1.807, 2.05) is 0 Å². The first-order valence-corrected chi connectivity index (χ1v) is 8.35. The summed E-state index contributed by atoms with van der Waals surface area (Å²) in [5.41, 5.74) is -0.110. The van der Waals surface area contributed by atoms with Crippen LogP contribution in [0.15, 0.2) is 18.2 Å². The number of benzene rings is 1. The molecule has 0 aromatic heterocycles. The van der Waals surface area contributed by atoms with Gasteiger partial charge in [-0.1, -0.05) is 27.5 Å². The fraction of sp³-hybridized carbons (Fsp3) is 0.500. The molecule has 0 heterocycles. The van der Waals surface area contributed by atoms with Crippen LogP contribution in [0.4, 0.5) is 5.69 Å². The normalized spacial score (nSPS) is 14.6. The number of hydrogen-bond acceptors (Lipinski definition) is 3. The summed E-state index contributed by atoms with van der Waals surface area (Å²) >= 11 is 9.15. The van der Waals surface area contributed by atoms with Crippen molar-refractivity contribution < 1.29 is 9.72 Å². The third-order valence-corrected chi connectivity index (χ3v) is 4.49. The zero-order valence-electron chi connectivity index (χ0n) is 11.4. The molecule has 114 valence electrons. The minimum absolute atomic E-state index is 0.117. The van der Waals surface area contributed by atoms with Gasteiger partial charge in [-0.05, 0) is 37.8 Å². The first kappa shape index (κ1) is 16.2. The van der Waals surface area contributed by atoms with Crippen LogP contribution in [0.5, 0.6) is 0 Å². The number of nitrogens with zero attached hydrogens (tertiary/aromatic N) is 2. The molecule has 0 radical (unpaired) electrons. The van der Waals surface area contributed by atoms with E-state index in [9.17, 15) is 14.9 Å². The molecule has 1 aliphatic carbocycles. The molecule has 7 heteroatoms. The van der Waals surface area contributed by atoms with Crippen molar-refractivity contribution in [2.45, 2.75) is 31.7 Å². The van der Waals surface area contributed by atoms with Crippen molar-refractivity contribution in [3.8, 4) is 0 Å². The molecule has 1 aromatic rings. The first-order valence-electron chi connectivity index (χ1n) is 6.85. The summed E-state index contributed by atoms with van der Waals surface area (Å²) in [6.07, 6.45) is 3.86. The highest BCUT2D eigenvalue weighted by Crippen LogP contribution is 2.30. The van der Waals surface area contributed by atoms with E-state index < -0.39 is 4.92 Å². The van der Waals surface area contributed by atoms with Crippen LogP contribution in [0.25, 0.3) is 0 Å². The van der Waals surface area contributed by atoms with Gasteiger partial charge in [-0.25, -0.2) is 0 Å². The topological polar surface area (TPSA) is 63.4 Å². The number of carbonyl (C=O) groups excluding carboxylic acids is 1. The van der Waals surface area contributed by atoms with Gasteiger partial charge in [0.1, 0.15) is 5.56 Å².